The van der Waals surface area contributed by atoms with Crippen LogP contribution >= 0.6 is 23.4 Å². The van der Waals surface area contributed by atoms with Gasteiger partial charge in [0.25, 0.3) is 0 Å². The van der Waals surface area contributed by atoms with Crippen molar-refractivity contribution in [2.24, 2.45) is 0 Å². The molecule has 2 aromatic carbocycles. The van der Waals surface area contributed by atoms with Gasteiger partial charge in [0, 0.05) is 21.3 Å². The fourth-order valence-corrected chi connectivity index (χ4v) is 2.39. The van der Waals surface area contributed by atoms with E-state index in [0.717, 1.165) is 16.9 Å². The Morgan fingerprint density at radius 2 is 1.90 bits per heavy atom. The zero-order valence-electron chi connectivity index (χ0n) is 11.9. The Morgan fingerprint density at radius 3 is 2.57 bits per heavy atom. The van der Waals surface area contributed by atoms with E-state index in [0.29, 0.717) is 5.02 Å². The molecule has 0 atom stereocenters. The minimum Gasteiger partial charge on any atom is -0.376 e. The Bertz CT molecular complexity index is 629. The number of hydrogen-bond acceptors (Lipinski definition) is 3. The van der Waals surface area contributed by atoms with E-state index in [9.17, 15) is 4.79 Å². The fraction of sp³-hybridized carbons (Fsp3) is 0.188. The molecule has 0 saturated carbocycles. The summed E-state index contributed by atoms with van der Waals surface area (Å²) in [5.74, 6) is -0.102. The highest BCUT2D eigenvalue weighted by molar-refractivity contribution is 7.98. The Balaban J connectivity index is 1.91. The first-order valence-electron chi connectivity index (χ1n) is 6.52. The van der Waals surface area contributed by atoms with Crippen molar-refractivity contribution in [3.63, 3.8) is 0 Å². The van der Waals surface area contributed by atoms with Crippen LogP contribution in [0.4, 0.5) is 11.4 Å². The first-order valence-corrected chi connectivity index (χ1v) is 8.12. The Morgan fingerprint density at radius 1 is 1.19 bits per heavy atom. The molecule has 1 amide bonds. The van der Waals surface area contributed by atoms with Crippen molar-refractivity contribution in [3.8, 4) is 0 Å². The second kappa shape index (κ2) is 7.38. The summed E-state index contributed by atoms with van der Waals surface area (Å²) in [6.07, 6.45) is 2.03. The molecule has 0 bridgehead atoms. The summed E-state index contributed by atoms with van der Waals surface area (Å²) < 4.78 is 0. The summed E-state index contributed by atoms with van der Waals surface area (Å²) in [4.78, 5) is 13.1. The molecule has 21 heavy (non-hydrogen) atoms. The molecule has 0 radical (unpaired) electrons. The third-order valence-electron chi connectivity index (χ3n) is 3.02. The van der Waals surface area contributed by atoms with E-state index in [1.165, 1.54) is 4.90 Å². The summed E-state index contributed by atoms with van der Waals surface area (Å²) in [6, 6.07) is 13.4. The molecule has 0 aromatic heterocycles. The van der Waals surface area contributed by atoms with Gasteiger partial charge in [0.05, 0.1) is 6.54 Å². The summed E-state index contributed by atoms with van der Waals surface area (Å²) in [5, 5.41) is 6.56. The average Bonchev–Trinajstić information content (AvgIpc) is 2.49. The van der Waals surface area contributed by atoms with Crippen LogP contribution in [0.1, 0.15) is 5.56 Å². The smallest absolute Gasteiger partial charge is 0.243 e. The molecule has 0 spiro atoms. The lowest BCUT2D eigenvalue weighted by Crippen LogP contribution is -2.22. The van der Waals surface area contributed by atoms with Crippen LogP contribution in [0.3, 0.4) is 0 Å². The Kier molecular flexibility index (Phi) is 5.53. The maximum Gasteiger partial charge on any atom is 0.243 e. The number of rotatable bonds is 5. The molecular formula is C16H17ClN2OS. The van der Waals surface area contributed by atoms with Crippen molar-refractivity contribution >= 4 is 40.6 Å². The van der Waals surface area contributed by atoms with Crippen LogP contribution in [0.15, 0.2) is 47.4 Å². The summed E-state index contributed by atoms with van der Waals surface area (Å²) in [7, 11) is 0. The lowest BCUT2D eigenvalue weighted by molar-refractivity contribution is -0.114. The lowest BCUT2D eigenvalue weighted by atomic mass is 10.2. The quantitative estimate of drug-likeness (QED) is 0.801. The molecule has 0 unspecified atom stereocenters. The van der Waals surface area contributed by atoms with Crippen molar-refractivity contribution in [1.82, 2.24) is 0 Å². The van der Waals surface area contributed by atoms with E-state index in [2.05, 4.69) is 10.6 Å². The third kappa shape index (κ3) is 4.69. The van der Waals surface area contributed by atoms with Crippen molar-refractivity contribution in [2.75, 3.05) is 23.4 Å². The van der Waals surface area contributed by atoms with Crippen LogP contribution in [0.25, 0.3) is 0 Å². The van der Waals surface area contributed by atoms with E-state index < -0.39 is 0 Å². The van der Waals surface area contributed by atoms with Crippen LogP contribution in [-0.4, -0.2) is 18.7 Å². The lowest BCUT2D eigenvalue weighted by Gasteiger charge is -2.10. The fourth-order valence-electron chi connectivity index (χ4n) is 1.81. The largest absolute Gasteiger partial charge is 0.376 e. The molecule has 0 saturated heterocycles. The molecule has 0 fully saturated rings. The molecule has 5 heteroatoms. The predicted octanol–water partition coefficient (Wildman–Crippen LogP) is 4.42. The SMILES string of the molecule is CSc1ccc(NCC(=O)Nc2cc(Cl)ccc2C)cc1. The number of thioether (sulfide) groups is 1. The van der Waals surface area contributed by atoms with Gasteiger partial charge >= 0.3 is 0 Å². The predicted molar refractivity (Wildman–Crippen MR) is 91.5 cm³/mol. The molecule has 110 valence electrons. The normalized spacial score (nSPS) is 10.2. The number of hydrogen-bond donors (Lipinski definition) is 2. The van der Waals surface area contributed by atoms with Crippen LogP contribution in [0.2, 0.25) is 5.02 Å². The maximum atomic E-state index is 12.0. The molecule has 0 heterocycles. The van der Waals surface area contributed by atoms with Gasteiger partial charge in [-0.3, -0.25) is 4.79 Å². The van der Waals surface area contributed by atoms with Crippen LogP contribution < -0.4 is 10.6 Å². The van der Waals surface area contributed by atoms with Crippen LogP contribution in [0.5, 0.6) is 0 Å². The molecule has 0 aliphatic heterocycles. The second-order valence-electron chi connectivity index (χ2n) is 4.59. The molecule has 2 N–H and O–H groups in total. The Hall–Kier alpha value is -1.65. The third-order valence-corrected chi connectivity index (χ3v) is 4.00. The summed E-state index contributed by atoms with van der Waals surface area (Å²) in [6.45, 7) is 2.14. The highest BCUT2D eigenvalue weighted by Gasteiger charge is 2.05. The number of aryl methyl sites for hydroxylation is 1. The zero-order valence-corrected chi connectivity index (χ0v) is 13.5. The molecule has 0 aliphatic carbocycles. The monoisotopic (exact) mass is 320 g/mol. The summed E-state index contributed by atoms with van der Waals surface area (Å²) in [5.41, 5.74) is 2.65. The average molecular weight is 321 g/mol. The van der Waals surface area contributed by atoms with Gasteiger partial charge in [0.1, 0.15) is 0 Å². The van der Waals surface area contributed by atoms with E-state index >= 15 is 0 Å². The highest BCUT2D eigenvalue weighted by Crippen LogP contribution is 2.20. The van der Waals surface area contributed by atoms with Gasteiger partial charge in [0.2, 0.25) is 5.91 Å². The summed E-state index contributed by atoms with van der Waals surface area (Å²) >= 11 is 7.62. The molecule has 2 aromatic rings. The minimum absolute atomic E-state index is 0.102. The number of carbonyl (C=O) groups excluding carboxylic acids is 1. The van der Waals surface area contributed by atoms with Crippen molar-refractivity contribution in [2.45, 2.75) is 11.8 Å². The number of anilines is 2. The van der Waals surface area contributed by atoms with E-state index in [4.69, 9.17) is 11.6 Å². The van der Waals surface area contributed by atoms with E-state index in [1.54, 1.807) is 23.9 Å². The van der Waals surface area contributed by atoms with Gasteiger partial charge in [-0.25, -0.2) is 0 Å². The topological polar surface area (TPSA) is 41.1 Å². The van der Waals surface area contributed by atoms with Gasteiger partial charge in [0.15, 0.2) is 0 Å². The van der Waals surface area contributed by atoms with E-state index in [-0.39, 0.29) is 12.5 Å². The minimum atomic E-state index is -0.102. The zero-order chi connectivity index (χ0) is 15.2. The van der Waals surface area contributed by atoms with Crippen molar-refractivity contribution in [1.29, 1.82) is 0 Å². The highest BCUT2D eigenvalue weighted by atomic mass is 35.5. The van der Waals surface area contributed by atoms with Gasteiger partial charge in [-0.05, 0) is 55.1 Å². The molecule has 3 nitrogen and oxygen atoms in total. The van der Waals surface area contributed by atoms with Gasteiger partial charge in [-0.15, -0.1) is 11.8 Å². The van der Waals surface area contributed by atoms with Gasteiger partial charge in [-0.2, -0.15) is 0 Å². The number of amides is 1. The number of carbonyl (C=O) groups is 1. The molecule has 2 rings (SSSR count). The number of halogens is 1. The first-order chi connectivity index (χ1) is 10.1. The van der Waals surface area contributed by atoms with Gasteiger partial charge in [-0.1, -0.05) is 17.7 Å². The maximum absolute atomic E-state index is 12.0. The number of benzene rings is 2. The van der Waals surface area contributed by atoms with Crippen molar-refractivity contribution in [3.05, 3.63) is 53.1 Å². The first kappa shape index (κ1) is 15.7. The molecule has 0 aliphatic rings. The van der Waals surface area contributed by atoms with Crippen LogP contribution in [-0.2, 0) is 4.79 Å². The standard InChI is InChI=1S/C16H17ClN2OS/c1-11-3-4-12(17)9-15(11)19-16(20)10-18-13-5-7-14(21-2)8-6-13/h3-9,18H,10H2,1-2H3,(H,19,20). The van der Waals surface area contributed by atoms with Gasteiger partial charge < -0.3 is 10.6 Å². The number of nitrogens with one attached hydrogen (secondary N) is 2. The molecular weight excluding hydrogens is 304 g/mol. The van der Waals surface area contributed by atoms with Crippen molar-refractivity contribution < 1.29 is 4.79 Å². The Labute approximate surface area is 134 Å². The second-order valence-corrected chi connectivity index (χ2v) is 5.91. The van der Waals surface area contributed by atoms with Crippen LogP contribution in [0, 0.1) is 6.92 Å². The van der Waals surface area contributed by atoms with E-state index in [1.807, 2.05) is 43.5 Å².